The van der Waals surface area contributed by atoms with Crippen LogP contribution in [0.1, 0.15) is 90.4 Å². The molecule has 4 nitrogen and oxygen atoms in total. The van der Waals surface area contributed by atoms with Crippen LogP contribution in [0, 0.1) is 11.8 Å². The zero-order chi connectivity index (χ0) is 24.3. The van der Waals surface area contributed by atoms with Gasteiger partial charge in [-0.25, -0.2) is 0 Å². The lowest BCUT2D eigenvalue weighted by molar-refractivity contribution is 0.0643. The van der Waals surface area contributed by atoms with Gasteiger partial charge in [0.1, 0.15) is 0 Å². The number of carbonyl (C=O) groups is 1. The number of nitrogens with zero attached hydrogens (tertiary/aromatic N) is 1. The van der Waals surface area contributed by atoms with Crippen molar-refractivity contribution in [3.63, 3.8) is 0 Å². The number of carbonyl (C=O) groups excluding carboxylic acids is 1. The Kier molecular flexibility index (Phi) is 7.32. The Balaban J connectivity index is 1.05. The van der Waals surface area contributed by atoms with E-state index in [0.29, 0.717) is 6.04 Å². The largest absolute Gasteiger partial charge is 0.385 e. The Labute approximate surface area is 217 Å². The van der Waals surface area contributed by atoms with E-state index in [4.69, 9.17) is 0 Å². The van der Waals surface area contributed by atoms with Crippen LogP contribution in [0.15, 0.2) is 36.4 Å². The molecule has 1 heterocycles. The van der Waals surface area contributed by atoms with Crippen molar-refractivity contribution in [2.24, 2.45) is 11.8 Å². The Hall–Kier alpha value is -2.33. The van der Waals surface area contributed by atoms with Crippen LogP contribution in [0.5, 0.6) is 0 Å². The molecule has 0 aromatic heterocycles. The fourth-order valence-corrected chi connectivity index (χ4v) is 7.24. The molecule has 4 aliphatic rings. The van der Waals surface area contributed by atoms with Crippen molar-refractivity contribution in [3.05, 3.63) is 64.2 Å². The molecular weight excluding hydrogens is 442 g/mol. The molecule has 0 saturated heterocycles. The fraction of sp³-hybridized carbons (Fsp3) is 0.594. The quantitative estimate of drug-likeness (QED) is 0.473. The number of benzene rings is 2. The highest BCUT2D eigenvalue weighted by atomic mass is 16.2. The molecule has 36 heavy (non-hydrogen) atoms. The molecule has 0 spiro atoms. The van der Waals surface area contributed by atoms with Gasteiger partial charge in [-0.15, -0.1) is 0 Å². The SMILES string of the molecule is O=C1c2ccc(NCC3CCCC3)cc2CCN1C1CCc2cc(CNCC3CCCC3)ccc2C1. The van der Waals surface area contributed by atoms with Gasteiger partial charge in [-0.3, -0.25) is 4.79 Å². The van der Waals surface area contributed by atoms with Gasteiger partial charge in [0.05, 0.1) is 0 Å². The Morgan fingerprint density at radius 1 is 0.778 bits per heavy atom. The standard InChI is InChI=1S/C32H43N3O/c36-32-31-14-12-29(34-22-24-7-3-4-8-24)18-28(31)15-16-35(32)30-13-11-26-17-25(9-10-27(26)19-30)21-33-20-23-5-1-2-6-23/h9-10,12,14,17-18,23-24,30,33-34H,1-8,11,13,15-16,19-22H2. The van der Waals surface area contributed by atoms with E-state index in [9.17, 15) is 4.79 Å². The average molecular weight is 486 g/mol. The third kappa shape index (κ3) is 5.34. The molecule has 1 atom stereocenters. The molecule has 0 bridgehead atoms. The second-order valence-corrected chi connectivity index (χ2v) is 11.9. The number of hydrogen-bond donors (Lipinski definition) is 2. The molecule has 2 aromatic carbocycles. The van der Waals surface area contributed by atoms with Crippen LogP contribution in [0.25, 0.3) is 0 Å². The van der Waals surface area contributed by atoms with Crippen molar-refractivity contribution in [1.82, 2.24) is 10.2 Å². The summed E-state index contributed by atoms with van der Waals surface area (Å²) in [6.07, 6.45) is 15.2. The van der Waals surface area contributed by atoms with Gasteiger partial charge in [0.15, 0.2) is 0 Å². The van der Waals surface area contributed by atoms with Gasteiger partial charge in [0.2, 0.25) is 0 Å². The first-order valence-electron chi connectivity index (χ1n) is 14.7. The average Bonchev–Trinajstić information content (AvgIpc) is 3.62. The molecule has 2 saturated carbocycles. The van der Waals surface area contributed by atoms with Gasteiger partial charge in [-0.1, -0.05) is 43.9 Å². The summed E-state index contributed by atoms with van der Waals surface area (Å²) < 4.78 is 0. The lowest BCUT2D eigenvalue weighted by atomic mass is 9.85. The normalized spacial score (nSPS) is 22.6. The summed E-state index contributed by atoms with van der Waals surface area (Å²) in [5.41, 5.74) is 7.67. The second-order valence-electron chi connectivity index (χ2n) is 11.9. The maximum absolute atomic E-state index is 13.5. The highest BCUT2D eigenvalue weighted by molar-refractivity contribution is 5.97. The number of aryl methyl sites for hydroxylation is 1. The van der Waals surface area contributed by atoms with E-state index >= 15 is 0 Å². The van der Waals surface area contributed by atoms with E-state index in [0.717, 1.165) is 69.3 Å². The van der Waals surface area contributed by atoms with Gasteiger partial charge in [0, 0.05) is 36.9 Å². The van der Waals surface area contributed by atoms with Crippen LogP contribution < -0.4 is 10.6 Å². The van der Waals surface area contributed by atoms with Crippen molar-refractivity contribution in [1.29, 1.82) is 0 Å². The Morgan fingerprint density at radius 2 is 1.56 bits per heavy atom. The van der Waals surface area contributed by atoms with Crippen molar-refractivity contribution in [2.75, 3.05) is 25.0 Å². The predicted octanol–water partition coefficient (Wildman–Crippen LogP) is 6.12. The van der Waals surface area contributed by atoms with Gasteiger partial charge in [-0.2, -0.15) is 0 Å². The first kappa shape index (κ1) is 24.0. The number of anilines is 1. The smallest absolute Gasteiger partial charge is 0.254 e. The van der Waals surface area contributed by atoms with Gasteiger partial charge >= 0.3 is 0 Å². The number of rotatable bonds is 8. The molecule has 2 aromatic rings. The zero-order valence-corrected chi connectivity index (χ0v) is 21.9. The summed E-state index contributed by atoms with van der Waals surface area (Å²) in [5.74, 6) is 1.94. The van der Waals surface area contributed by atoms with E-state index < -0.39 is 0 Å². The van der Waals surface area contributed by atoms with E-state index in [1.807, 2.05) is 0 Å². The number of fused-ring (bicyclic) bond motifs is 2. The van der Waals surface area contributed by atoms with Crippen molar-refractivity contribution in [3.8, 4) is 0 Å². The summed E-state index contributed by atoms with van der Waals surface area (Å²) in [6, 6.07) is 13.8. The molecule has 192 valence electrons. The third-order valence-electron chi connectivity index (χ3n) is 9.44. The van der Waals surface area contributed by atoms with E-state index in [1.165, 1.54) is 79.3 Å². The van der Waals surface area contributed by atoms with Gasteiger partial charge in [0.25, 0.3) is 5.91 Å². The summed E-state index contributed by atoms with van der Waals surface area (Å²) in [5, 5.41) is 7.33. The number of nitrogens with one attached hydrogen (secondary N) is 2. The lowest BCUT2D eigenvalue weighted by Crippen LogP contribution is -2.47. The topological polar surface area (TPSA) is 44.4 Å². The molecule has 2 fully saturated rings. The first-order chi connectivity index (χ1) is 17.7. The number of hydrogen-bond acceptors (Lipinski definition) is 3. The Bertz CT molecular complexity index is 1070. The van der Waals surface area contributed by atoms with Crippen molar-refractivity contribution in [2.45, 2.75) is 89.6 Å². The molecule has 2 N–H and O–H groups in total. The highest BCUT2D eigenvalue weighted by Crippen LogP contribution is 2.31. The van der Waals surface area contributed by atoms with Crippen LogP contribution in [-0.2, 0) is 25.8 Å². The molecule has 1 amide bonds. The maximum atomic E-state index is 13.5. The van der Waals surface area contributed by atoms with Crippen LogP contribution in [0.3, 0.4) is 0 Å². The summed E-state index contributed by atoms with van der Waals surface area (Å²) in [7, 11) is 0. The zero-order valence-electron chi connectivity index (χ0n) is 21.9. The second kappa shape index (κ2) is 11.0. The third-order valence-corrected chi connectivity index (χ3v) is 9.44. The molecule has 0 radical (unpaired) electrons. The summed E-state index contributed by atoms with van der Waals surface area (Å²) >= 11 is 0. The lowest BCUT2D eigenvalue weighted by Gasteiger charge is -2.38. The predicted molar refractivity (Wildman–Crippen MR) is 148 cm³/mol. The molecule has 1 aliphatic heterocycles. The minimum Gasteiger partial charge on any atom is -0.385 e. The molecule has 3 aliphatic carbocycles. The summed E-state index contributed by atoms with van der Waals surface area (Å²) in [6.45, 7) is 4.06. The summed E-state index contributed by atoms with van der Waals surface area (Å²) in [4.78, 5) is 15.7. The molecule has 6 rings (SSSR count). The van der Waals surface area contributed by atoms with Crippen LogP contribution >= 0.6 is 0 Å². The Morgan fingerprint density at radius 3 is 2.36 bits per heavy atom. The van der Waals surface area contributed by atoms with Crippen LogP contribution in [0.4, 0.5) is 5.69 Å². The minimum atomic E-state index is 0.236. The van der Waals surface area contributed by atoms with E-state index in [-0.39, 0.29) is 5.91 Å². The molecular formula is C32H43N3O. The van der Waals surface area contributed by atoms with Crippen LogP contribution in [0.2, 0.25) is 0 Å². The molecule has 1 unspecified atom stereocenters. The van der Waals surface area contributed by atoms with Crippen molar-refractivity contribution >= 4 is 11.6 Å². The maximum Gasteiger partial charge on any atom is 0.254 e. The van der Waals surface area contributed by atoms with E-state index in [2.05, 4.69) is 51.9 Å². The highest BCUT2D eigenvalue weighted by Gasteiger charge is 2.32. The monoisotopic (exact) mass is 485 g/mol. The van der Waals surface area contributed by atoms with Gasteiger partial charge in [-0.05, 0) is 110 Å². The van der Waals surface area contributed by atoms with Crippen LogP contribution in [-0.4, -0.2) is 36.5 Å². The van der Waals surface area contributed by atoms with Crippen molar-refractivity contribution < 1.29 is 4.79 Å². The van der Waals surface area contributed by atoms with E-state index in [1.54, 1.807) is 0 Å². The minimum absolute atomic E-state index is 0.236. The fourth-order valence-electron chi connectivity index (χ4n) is 7.24. The van der Waals surface area contributed by atoms with Gasteiger partial charge < -0.3 is 15.5 Å². The first-order valence-corrected chi connectivity index (χ1v) is 14.7. The molecule has 4 heteroatoms. The number of amides is 1.